The summed E-state index contributed by atoms with van der Waals surface area (Å²) in [6, 6.07) is 16.8. The van der Waals surface area contributed by atoms with Crippen molar-refractivity contribution in [1.82, 2.24) is 14.8 Å². The number of carbonyl (C=O) groups is 2. The molecular weight excluding hydrogens is 490 g/mol. The summed E-state index contributed by atoms with van der Waals surface area (Å²) in [5.74, 6) is 1.25. The molecule has 0 bridgehead atoms. The second kappa shape index (κ2) is 10.4. The van der Waals surface area contributed by atoms with Gasteiger partial charge in [-0.05, 0) is 62.4 Å². The molecule has 1 atom stereocenters. The summed E-state index contributed by atoms with van der Waals surface area (Å²) < 4.78 is 12.3. The lowest BCUT2D eigenvalue weighted by Crippen LogP contribution is -2.28. The van der Waals surface area contributed by atoms with Gasteiger partial charge in [-0.3, -0.25) is 9.59 Å². The van der Waals surface area contributed by atoms with Crippen molar-refractivity contribution in [3.63, 3.8) is 0 Å². The van der Waals surface area contributed by atoms with Gasteiger partial charge in [-0.1, -0.05) is 0 Å². The fourth-order valence-electron chi connectivity index (χ4n) is 4.24. The zero-order valence-electron chi connectivity index (χ0n) is 20.8. The quantitative estimate of drug-likeness (QED) is 0.364. The molecule has 1 aliphatic heterocycles. The van der Waals surface area contributed by atoms with Gasteiger partial charge < -0.3 is 19.7 Å². The SMILES string of the molecule is CCOc1ccc(-c2csc(-n3nc(C)cc3NC(=O)C3CC(=O)N(c4ccc(OC)cc4)C3)n2)cc1. The van der Waals surface area contributed by atoms with Crippen molar-refractivity contribution < 1.29 is 19.1 Å². The fourth-order valence-corrected chi connectivity index (χ4v) is 5.04. The summed E-state index contributed by atoms with van der Waals surface area (Å²) in [6.45, 7) is 4.73. The van der Waals surface area contributed by atoms with Crippen LogP contribution >= 0.6 is 11.3 Å². The molecule has 1 fully saturated rings. The van der Waals surface area contributed by atoms with E-state index in [0.29, 0.717) is 29.9 Å². The summed E-state index contributed by atoms with van der Waals surface area (Å²) in [5, 5.41) is 10.1. The molecule has 2 aromatic carbocycles. The van der Waals surface area contributed by atoms with Gasteiger partial charge >= 0.3 is 0 Å². The molecule has 0 saturated carbocycles. The third-order valence-corrected chi connectivity index (χ3v) is 6.91. The number of rotatable bonds is 8. The minimum Gasteiger partial charge on any atom is -0.497 e. The first kappa shape index (κ1) is 24.5. The Hall–Kier alpha value is -4.18. The Bertz CT molecular complexity index is 1410. The molecule has 0 radical (unpaired) electrons. The van der Waals surface area contributed by atoms with Crippen LogP contribution in [-0.4, -0.2) is 46.8 Å². The van der Waals surface area contributed by atoms with Crippen LogP contribution < -0.4 is 19.7 Å². The minimum absolute atomic E-state index is 0.0880. The molecule has 4 aromatic rings. The van der Waals surface area contributed by atoms with Crippen molar-refractivity contribution >= 4 is 34.7 Å². The standard InChI is InChI=1S/C27H27N5O4S/c1-4-36-22-9-5-18(6-10-22)23-16-37-27(28-23)32-24(13-17(2)30-32)29-26(34)19-14-25(33)31(15-19)20-7-11-21(35-3)12-8-20/h5-13,16,19H,4,14-15H2,1-3H3,(H,29,34). The van der Waals surface area contributed by atoms with E-state index in [1.165, 1.54) is 11.3 Å². The molecule has 1 aliphatic rings. The minimum atomic E-state index is -0.478. The highest BCUT2D eigenvalue weighted by Crippen LogP contribution is 2.30. The van der Waals surface area contributed by atoms with E-state index >= 15 is 0 Å². The van der Waals surface area contributed by atoms with E-state index in [9.17, 15) is 9.59 Å². The summed E-state index contributed by atoms with van der Waals surface area (Å²) >= 11 is 1.43. The molecule has 9 nitrogen and oxygen atoms in total. The van der Waals surface area contributed by atoms with Crippen LogP contribution in [0.1, 0.15) is 19.0 Å². The third kappa shape index (κ3) is 5.19. The Morgan fingerprint density at radius 1 is 1.14 bits per heavy atom. The van der Waals surface area contributed by atoms with Gasteiger partial charge in [0.15, 0.2) is 0 Å². The topological polar surface area (TPSA) is 98.6 Å². The number of ether oxygens (including phenoxy) is 2. The molecule has 2 amide bonds. The van der Waals surface area contributed by atoms with E-state index in [1.807, 2.05) is 55.6 Å². The number of hydrogen-bond donors (Lipinski definition) is 1. The van der Waals surface area contributed by atoms with Gasteiger partial charge in [0.1, 0.15) is 17.3 Å². The first-order chi connectivity index (χ1) is 17.9. The van der Waals surface area contributed by atoms with Crippen LogP contribution in [0.3, 0.4) is 0 Å². The van der Waals surface area contributed by atoms with Crippen molar-refractivity contribution in [2.24, 2.45) is 5.92 Å². The third-order valence-electron chi connectivity index (χ3n) is 6.10. The van der Waals surface area contributed by atoms with Crippen LogP contribution in [0.4, 0.5) is 11.5 Å². The maximum absolute atomic E-state index is 13.2. The van der Waals surface area contributed by atoms with Crippen LogP contribution in [0.15, 0.2) is 60.0 Å². The number of aryl methyl sites for hydroxylation is 1. The van der Waals surface area contributed by atoms with Gasteiger partial charge in [0, 0.05) is 35.7 Å². The van der Waals surface area contributed by atoms with Gasteiger partial charge in [0.25, 0.3) is 0 Å². The molecule has 2 aromatic heterocycles. The number of aromatic nitrogens is 3. The summed E-state index contributed by atoms with van der Waals surface area (Å²) in [6.07, 6.45) is 0.143. The molecule has 0 aliphatic carbocycles. The molecule has 1 unspecified atom stereocenters. The summed E-state index contributed by atoms with van der Waals surface area (Å²) in [7, 11) is 1.59. The van der Waals surface area contributed by atoms with Gasteiger partial charge in [-0.25, -0.2) is 4.98 Å². The van der Waals surface area contributed by atoms with Gasteiger partial charge in [-0.2, -0.15) is 9.78 Å². The number of nitrogens with one attached hydrogen (secondary N) is 1. The van der Waals surface area contributed by atoms with E-state index in [2.05, 4.69) is 10.4 Å². The first-order valence-corrected chi connectivity index (χ1v) is 12.8. The summed E-state index contributed by atoms with van der Waals surface area (Å²) in [5.41, 5.74) is 3.26. The second-order valence-corrected chi connectivity index (χ2v) is 9.48. The van der Waals surface area contributed by atoms with Crippen LogP contribution in [0.25, 0.3) is 16.4 Å². The van der Waals surface area contributed by atoms with E-state index in [1.54, 1.807) is 34.9 Å². The lowest BCUT2D eigenvalue weighted by atomic mass is 10.1. The molecule has 1 saturated heterocycles. The molecule has 10 heteroatoms. The van der Waals surface area contributed by atoms with Crippen LogP contribution in [0, 0.1) is 12.8 Å². The lowest BCUT2D eigenvalue weighted by Gasteiger charge is -2.17. The van der Waals surface area contributed by atoms with E-state index in [0.717, 1.165) is 28.4 Å². The second-order valence-electron chi connectivity index (χ2n) is 8.65. The number of anilines is 2. The lowest BCUT2D eigenvalue weighted by molar-refractivity contribution is -0.122. The van der Waals surface area contributed by atoms with Crippen LogP contribution in [0.2, 0.25) is 0 Å². The monoisotopic (exact) mass is 517 g/mol. The number of thiazole rings is 1. The van der Waals surface area contributed by atoms with Gasteiger partial charge in [0.05, 0.1) is 31.0 Å². The Morgan fingerprint density at radius 2 is 1.86 bits per heavy atom. The number of benzene rings is 2. The van der Waals surface area contributed by atoms with Crippen molar-refractivity contribution in [3.05, 3.63) is 65.7 Å². The Labute approximate surface area is 218 Å². The fraction of sp³-hybridized carbons (Fsp3) is 0.259. The number of carbonyl (C=O) groups excluding carboxylic acids is 2. The predicted octanol–water partition coefficient (Wildman–Crippen LogP) is 4.70. The predicted molar refractivity (Wildman–Crippen MR) is 143 cm³/mol. The number of nitrogens with zero attached hydrogens (tertiary/aromatic N) is 4. The van der Waals surface area contributed by atoms with Crippen LogP contribution in [0.5, 0.6) is 11.5 Å². The van der Waals surface area contributed by atoms with Crippen molar-refractivity contribution in [2.75, 3.05) is 30.5 Å². The molecule has 0 spiro atoms. The van der Waals surface area contributed by atoms with Gasteiger partial charge in [0.2, 0.25) is 16.9 Å². The summed E-state index contributed by atoms with van der Waals surface area (Å²) in [4.78, 5) is 32.2. The highest BCUT2D eigenvalue weighted by Gasteiger charge is 2.35. The number of methoxy groups -OCH3 is 1. The highest BCUT2D eigenvalue weighted by molar-refractivity contribution is 7.12. The van der Waals surface area contributed by atoms with E-state index < -0.39 is 5.92 Å². The number of hydrogen-bond acceptors (Lipinski definition) is 7. The highest BCUT2D eigenvalue weighted by atomic mass is 32.1. The smallest absolute Gasteiger partial charge is 0.230 e. The zero-order chi connectivity index (χ0) is 25.9. The normalized spacial score (nSPS) is 15.2. The number of amides is 2. The van der Waals surface area contributed by atoms with Crippen molar-refractivity contribution in [3.8, 4) is 27.9 Å². The van der Waals surface area contributed by atoms with E-state index in [4.69, 9.17) is 14.5 Å². The molecule has 37 heavy (non-hydrogen) atoms. The molecule has 1 N–H and O–H groups in total. The average Bonchev–Trinajstić information content (AvgIpc) is 3.63. The largest absolute Gasteiger partial charge is 0.497 e. The molecular formula is C27H27N5O4S. The van der Waals surface area contributed by atoms with E-state index in [-0.39, 0.29) is 18.2 Å². The maximum atomic E-state index is 13.2. The van der Waals surface area contributed by atoms with Crippen molar-refractivity contribution in [2.45, 2.75) is 20.3 Å². The molecule has 190 valence electrons. The Morgan fingerprint density at radius 3 is 2.57 bits per heavy atom. The van der Waals surface area contributed by atoms with Gasteiger partial charge in [-0.15, -0.1) is 11.3 Å². The Kier molecular flexibility index (Phi) is 6.91. The molecule has 3 heterocycles. The maximum Gasteiger partial charge on any atom is 0.230 e. The first-order valence-electron chi connectivity index (χ1n) is 12.0. The van der Waals surface area contributed by atoms with Crippen LogP contribution in [-0.2, 0) is 9.59 Å². The van der Waals surface area contributed by atoms with Crippen molar-refractivity contribution in [1.29, 1.82) is 0 Å². The zero-order valence-corrected chi connectivity index (χ0v) is 21.6. The Balaban J connectivity index is 1.30. The average molecular weight is 518 g/mol. The molecule has 5 rings (SSSR count).